The first-order valence-electron chi connectivity index (χ1n) is 7.94. The molecule has 2 aromatic carbocycles. The maximum atomic E-state index is 12.5. The van der Waals surface area contributed by atoms with Gasteiger partial charge in [-0.1, -0.05) is 30.3 Å². The lowest BCUT2D eigenvalue weighted by atomic mass is 9.96. The van der Waals surface area contributed by atoms with E-state index in [1.807, 2.05) is 42.5 Å². The topological polar surface area (TPSA) is 75.6 Å². The zero-order valence-corrected chi connectivity index (χ0v) is 13.2. The number of carbonyl (C=O) groups excluding carboxylic acids is 1. The Morgan fingerprint density at radius 3 is 2.83 bits per heavy atom. The van der Waals surface area contributed by atoms with Gasteiger partial charge in [-0.2, -0.15) is 0 Å². The molecule has 1 unspecified atom stereocenters. The molecule has 3 rings (SSSR count). The van der Waals surface area contributed by atoms with Crippen LogP contribution in [-0.4, -0.2) is 23.6 Å². The molecule has 1 heterocycles. The van der Waals surface area contributed by atoms with E-state index in [4.69, 9.17) is 9.84 Å². The number of aliphatic carboxylic acids is 1. The van der Waals surface area contributed by atoms with Crippen LogP contribution in [0.2, 0.25) is 0 Å². The molecule has 5 heteroatoms. The summed E-state index contributed by atoms with van der Waals surface area (Å²) in [5.41, 5.74) is 2.61. The summed E-state index contributed by atoms with van der Waals surface area (Å²) in [5.74, 6) is -0.304. The number of ether oxygens (including phenoxy) is 1. The van der Waals surface area contributed by atoms with Gasteiger partial charge in [0.05, 0.1) is 5.92 Å². The number of amides is 1. The van der Waals surface area contributed by atoms with Crippen LogP contribution in [0.4, 0.5) is 5.69 Å². The van der Waals surface area contributed by atoms with Gasteiger partial charge in [0.1, 0.15) is 12.4 Å². The third kappa shape index (κ3) is 3.93. The van der Waals surface area contributed by atoms with Gasteiger partial charge >= 0.3 is 5.97 Å². The number of benzene rings is 2. The van der Waals surface area contributed by atoms with Crippen LogP contribution in [-0.2, 0) is 22.4 Å². The predicted molar refractivity (Wildman–Crippen MR) is 90.2 cm³/mol. The number of para-hydroxylation sites is 1. The van der Waals surface area contributed by atoms with Crippen molar-refractivity contribution in [2.45, 2.75) is 19.3 Å². The van der Waals surface area contributed by atoms with Gasteiger partial charge in [0.15, 0.2) is 0 Å². The van der Waals surface area contributed by atoms with Crippen LogP contribution in [0.25, 0.3) is 0 Å². The van der Waals surface area contributed by atoms with Gasteiger partial charge in [0.25, 0.3) is 0 Å². The summed E-state index contributed by atoms with van der Waals surface area (Å²) in [7, 11) is 0. The van der Waals surface area contributed by atoms with Crippen molar-refractivity contribution >= 4 is 17.6 Å². The van der Waals surface area contributed by atoms with Crippen LogP contribution < -0.4 is 10.1 Å². The van der Waals surface area contributed by atoms with Crippen molar-refractivity contribution in [3.63, 3.8) is 0 Å². The maximum absolute atomic E-state index is 12.5. The highest BCUT2D eigenvalue weighted by atomic mass is 16.5. The number of anilines is 1. The van der Waals surface area contributed by atoms with E-state index >= 15 is 0 Å². The van der Waals surface area contributed by atoms with Crippen LogP contribution in [0.15, 0.2) is 48.5 Å². The fourth-order valence-electron chi connectivity index (χ4n) is 2.80. The molecule has 1 atom stereocenters. The summed E-state index contributed by atoms with van der Waals surface area (Å²) in [6.07, 6.45) is 1.17. The Morgan fingerprint density at radius 2 is 2.00 bits per heavy atom. The van der Waals surface area contributed by atoms with Crippen molar-refractivity contribution in [3.8, 4) is 5.75 Å². The second-order valence-corrected chi connectivity index (χ2v) is 5.90. The molecule has 1 aliphatic rings. The predicted octanol–water partition coefficient (Wildman–Crippen LogP) is 2.89. The fourth-order valence-corrected chi connectivity index (χ4v) is 2.80. The Labute approximate surface area is 140 Å². The van der Waals surface area contributed by atoms with E-state index in [2.05, 4.69) is 5.32 Å². The van der Waals surface area contributed by atoms with Gasteiger partial charge in [-0.15, -0.1) is 0 Å². The van der Waals surface area contributed by atoms with Crippen molar-refractivity contribution in [1.29, 1.82) is 0 Å². The standard InChI is InChI=1S/C19H19NO4/c21-18(22)9-8-13-4-3-6-16(10-13)20-19(23)15-11-14-5-1-2-7-17(14)24-12-15/h1-7,10,15H,8-9,11-12H2,(H,20,23)(H,21,22). The van der Waals surface area contributed by atoms with Crippen LogP contribution >= 0.6 is 0 Å². The number of hydrogen-bond acceptors (Lipinski definition) is 3. The molecule has 0 saturated heterocycles. The molecule has 2 aromatic rings. The van der Waals surface area contributed by atoms with E-state index in [9.17, 15) is 9.59 Å². The molecule has 0 spiro atoms. The average Bonchev–Trinajstić information content (AvgIpc) is 2.60. The quantitative estimate of drug-likeness (QED) is 0.886. The normalized spacial score (nSPS) is 15.9. The van der Waals surface area contributed by atoms with Crippen molar-refractivity contribution < 1.29 is 19.4 Å². The lowest BCUT2D eigenvalue weighted by molar-refractivity contribution is -0.137. The number of carboxylic acids is 1. The third-order valence-corrected chi connectivity index (χ3v) is 4.07. The Hall–Kier alpha value is -2.82. The van der Waals surface area contributed by atoms with Crippen molar-refractivity contribution in [3.05, 3.63) is 59.7 Å². The second-order valence-electron chi connectivity index (χ2n) is 5.90. The molecule has 5 nitrogen and oxygen atoms in total. The Bertz CT molecular complexity index is 757. The van der Waals surface area contributed by atoms with Gasteiger partial charge in [0.2, 0.25) is 5.91 Å². The SMILES string of the molecule is O=C(O)CCc1cccc(NC(=O)C2COc3ccccc3C2)c1. The van der Waals surface area contributed by atoms with Crippen molar-refractivity contribution in [2.24, 2.45) is 5.92 Å². The number of carboxylic acid groups (broad SMARTS) is 1. The first kappa shape index (κ1) is 16.1. The summed E-state index contributed by atoms with van der Waals surface area (Å²) in [6, 6.07) is 15.0. The molecule has 24 heavy (non-hydrogen) atoms. The molecule has 0 saturated carbocycles. The number of rotatable bonds is 5. The summed E-state index contributed by atoms with van der Waals surface area (Å²) in [5, 5.41) is 11.7. The first-order valence-corrected chi connectivity index (χ1v) is 7.94. The van der Waals surface area contributed by atoms with Gasteiger partial charge in [0, 0.05) is 12.1 Å². The van der Waals surface area contributed by atoms with Gasteiger partial charge in [-0.05, 0) is 42.2 Å². The van der Waals surface area contributed by atoms with E-state index < -0.39 is 5.97 Å². The molecule has 124 valence electrons. The zero-order valence-electron chi connectivity index (χ0n) is 13.2. The van der Waals surface area contributed by atoms with Gasteiger partial charge in [-0.3, -0.25) is 9.59 Å². The highest BCUT2D eigenvalue weighted by molar-refractivity contribution is 5.93. The summed E-state index contributed by atoms with van der Waals surface area (Å²) >= 11 is 0. The first-order chi connectivity index (χ1) is 11.6. The Balaban J connectivity index is 1.63. The zero-order chi connectivity index (χ0) is 16.9. The molecule has 1 amide bonds. The summed E-state index contributed by atoms with van der Waals surface area (Å²) < 4.78 is 5.66. The smallest absolute Gasteiger partial charge is 0.303 e. The minimum Gasteiger partial charge on any atom is -0.492 e. The van der Waals surface area contributed by atoms with Crippen LogP contribution in [0.1, 0.15) is 17.5 Å². The molecule has 1 aliphatic heterocycles. The molecule has 0 aromatic heterocycles. The third-order valence-electron chi connectivity index (χ3n) is 4.07. The van der Waals surface area contributed by atoms with Crippen LogP contribution in [0.3, 0.4) is 0 Å². The van der Waals surface area contributed by atoms with Crippen molar-refractivity contribution in [2.75, 3.05) is 11.9 Å². The highest BCUT2D eigenvalue weighted by Gasteiger charge is 2.25. The lowest BCUT2D eigenvalue weighted by Crippen LogP contribution is -2.32. The second kappa shape index (κ2) is 7.17. The molecule has 0 radical (unpaired) electrons. The fraction of sp³-hybridized carbons (Fsp3) is 0.263. The summed E-state index contributed by atoms with van der Waals surface area (Å²) in [4.78, 5) is 23.1. The van der Waals surface area contributed by atoms with Crippen LogP contribution in [0, 0.1) is 5.92 Å². The van der Waals surface area contributed by atoms with Gasteiger partial charge in [-0.25, -0.2) is 0 Å². The minimum absolute atomic E-state index is 0.0741. The van der Waals surface area contributed by atoms with Crippen LogP contribution in [0.5, 0.6) is 5.75 Å². The van der Waals surface area contributed by atoms with E-state index in [-0.39, 0.29) is 18.2 Å². The van der Waals surface area contributed by atoms with Gasteiger partial charge < -0.3 is 15.2 Å². The average molecular weight is 325 g/mol. The van der Waals surface area contributed by atoms with E-state index in [0.29, 0.717) is 25.1 Å². The Kier molecular flexibility index (Phi) is 4.79. The molecule has 0 bridgehead atoms. The number of hydrogen-bond donors (Lipinski definition) is 2. The number of carbonyl (C=O) groups is 2. The molecular weight excluding hydrogens is 306 g/mol. The largest absolute Gasteiger partial charge is 0.492 e. The lowest BCUT2D eigenvalue weighted by Gasteiger charge is -2.24. The Morgan fingerprint density at radius 1 is 1.17 bits per heavy atom. The molecule has 0 fully saturated rings. The molecular formula is C19H19NO4. The van der Waals surface area contributed by atoms with E-state index in [1.165, 1.54) is 0 Å². The minimum atomic E-state index is -0.831. The van der Waals surface area contributed by atoms with E-state index in [0.717, 1.165) is 16.9 Å². The van der Waals surface area contributed by atoms with E-state index in [1.54, 1.807) is 6.07 Å². The molecule has 2 N–H and O–H groups in total. The number of fused-ring (bicyclic) bond motifs is 1. The monoisotopic (exact) mass is 325 g/mol. The summed E-state index contributed by atoms with van der Waals surface area (Å²) in [6.45, 7) is 0.363. The molecule has 0 aliphatic carbocycles. The highest BCUT2D eigenvalue weighted by Crippen LogP contribution is 2.27. The number of nitrogens with one attached hydrogen (secondary N) is 1. The number of aryl methyl sites for hydroxylation is 1. The maximum Gasteiger partial charge on any atom is 0.303 e. The van der Waals surface area contributed by atoms with Crippen molar-refractivity contribution in [1.82, 2.24) is 0 Å².